The third-order valence-electron chi connectivity index (χ3n) is 2.49. The first kappa shape index (κ1) is 8.56. The second-order valence-corrected chi connectivity index (χ2v) is 5.89. The number of para-hydroxylation sites is 1. The maximum Gasteiger partial charge on any atom is 0.242 e. The van der Waals surface area contributed by atoms with E-state index in [1.165, 1.54) is 0 Å². The number of benzene rings is 1. The van der Waals surface area contributed by atoms with Crippen molar-refractivity contribution < 1.29 is 8.42 Å². The monoisotopic (exact) mass is 197 g/mol. The topological polar surface area (TPSA) is 46.2 Å². The van der Waals surface area contributed by atoms with Crippen LogP contribution in [0.3, 0.4) is 0 Å². The Labute approximate surface area is 77.8 Å². The van der Waals surface area contributed by atoms with Gasteiger partial charge in [0.05, 0.1) is 5.69 Å². The third kappa shape index (κ3) is 0.983. The quantitative estimate of drug-likeness (QED) is 0.687. The molecule has 1 aromatic carbocycles. The van der Waals surface area contributed by atoms with E-state index >= 15 is 0 Å². The van der Waals surface area contributed by atoms with Crippen molar-refractivity contribution in [2.45, 2.75) is 18.6 Å². The predicted octanol–water partition coefficient (Wildman–Crippen LogP) is 1.68. The van der Waals surface area contributed by atoms with Crippen LogP contribution in [0.25, 0.3) is 0 Å². The van der Waals surface area contributed by atoms with Gasteiger partial charge in [-0.15, -0.1) is 0 Å². The summed E-state index contributed by atoms with van der Waals surface area (Å²) in [7, 11) is -3.23. The van der Waals surface area contributed by atoms with Crippen LogP contribution in [-0.2, 0) is 14.8 Å². The number of hydrogen-bond donors (Lipinski definition) is 1. The molecule has 0 fully saturated rings. The Kier molecular flexibility index (Phi) is 1.49. The van der Waals surface area contributed by atoms with Crippen molar-refractivity contribution in [1.82, 2.24) is 0 Å². The first-order chi connectivity index (χ1) is 5.95. The van der Waals surface area contributed by atoms with Gasteiger partial charge in [0.1, 0.15) is 4.75 Å². The van der Waals surface area contributed by atoms with Crippen molar-refractivity contribution in [1.29, 1.82) is 0 Å². The van der Waals surface area contributed by atoms with Crippen LogP contribution in [0.5, 0.6) is 0 Å². The van der Waals surface area contributed by atoms with E-state index in [0.29, 0.717) is 5.69 Å². The number of nitrogens with one attached hydrogen (secondary N) is 1. The van der Waals surface area contributed by atoms with Crippen molar-refractivity contribution in [2.75, 3.05) is 4.72 Å². The van der Waals surface area contributed by atoms with Gasteiger partial charge in [-0.3, -0.25) is 4.72 Å². The largest absolute Gasteiger partial charge is 0.282 e. The Morgan fingerprint density at radius 3 is 2.46 bits per heavy atom. The van der Waals surface area contributed by atoms with Crippen LogP contribution in [0.4, 0.5) is 5.69 Å². The fourth-order valence-corrected chi connectivity index (χ4v) is 2.70. The highest BCUT2D eigenvalue weighted by Gasteiger charge is 2.43. The minimum absolute atomic E-state index is 0.701. The predicted molar refractivity (Wildman–Crippen MR) is 52.0 cm³/mol. The molecule has 1 heterocycles. The zero-order valence-corrected chi connectivity index (χ0v) is 8.35. The lowest BCUT2D eigenvalue weighted by atomic mass is 10.0. The molecule has 0 unspecified atom stereocenters. The summed E-state index contributed by atoms with van der Waals surface area (Å²) in [4.78, 5) is 0. The third-order valence-corrected chi connectivity index (χ3v) is 4.54. The van der Waals surface area contributed by atoms with Crippen molar-refractivity contribution in [3.63, 3.8) is 0 Å². The van der Waals surface area contributed by atoms with Crippen LogP contribution in [0.15, 0.2) is 24.3 Å². The molecule has 1 aliphatic rings. The molecule has 2 rings (SSSR count). The van der Waals surface area contributed by atoms with Crippen molar-refractivity contribution in [2.24, 2.45) is 0 Å². The molecule has 0 atom stereocenters. The first-order valence-corrected chi connectivity index (χ1v) is 5.55. The molecule has 1 aromatic rings. The number of rotatable bonds is 0. The number of fused-ring (bicyclic) bond motifs is 1. The Balaban J connectivity index is 2.74. The molecule has 3 nitrogen and oxygen atoms in total. The minimum Gasteiger partial charge on any atom is -0.282 e. The second kappa shape index (κ2) is 2.26. The first-order valence-electron chi connectivity index (χ1n) is 4.07. The second-order valence-electron chi connectivity index (χ2n) is 3.66. The zero-order chi connectivity index (χ0) is 9.69. The highest BCUT2D eigenvalue weighted by atomic mass is 32.2. The molecule has 13 heavy (non-hydrogen) atoms. The molecule has 0 amide bonds. The average Bonchev–Trinajstić information content (AvgIpc) is 2.20. The summed E-state index contributed by atoms with van der Waals surface area (Å²) in [5.41, 5.74) is 1.54. The van der Waals surface area contributed by atoms with Gasteiger partial charge in [0.2, 0.25) is 10.0 Å². The Bertz CT molecular complexity index is 448. The SMILES string of the molecule is CC1(C)c2ccccc2NS1(=O)=O. The van der Waals surface area contributed by atoms with E-state index < -0.39 is 14.8 Å². The van der Waals surface area contributed by atoms with E-state index in [4.69, 9.17) is 0 Å². The lowest BCUT2D eigenvalue weighted by Crippen LogP contribution is -2.26. The maximum absolute atomic E-state index is 11.6. The van der Waals surface area contributed by atoms with Gasteiger partial charge in [-0.2, -0.15) is 0 Å². The summed E-state index contributed by atoms with van der Waals surface area (Å²) >= 11 is 0. The van der Waals surface area contributed by atoms with E-state index in [1.54, 1.807) is 19.9 Å². The fraction of sp³-hybridized carbons (Fsp3) is 0.333. The average molecular weight is 197 g/mol. The van der Waals surface area contributed by atoms with Gasteiger partial charge in [-0.05, 0) is 25.5 Å². The van der Waals surface area contributed by atoms with Crippen LogP contribution in [-0.4, -0.2) is 8.42 Å². The highest BCUT2D eigenvalue weighted by molar-refractivity contribution is 7.94. The van der Waals surface area contributed by atoms with Gasteiger partial charge in [0, 0.05) is 0 Å². The highest BCUT2D eigenvalue weighted by Crippen LogP contribution is 2.41. The molecule has 1 aliphatic heterocycles. The van der Waals surface area contributed by atoms with Gasteiger partial charge in [0.15, 0.2) is 0 Å². The Morgan fingerprint density at radius 1 is 1.23 bits per heavy atom. The van der Waals surface area contributed by atoms with E-state index in [1.807, 2.05) is 18.2 Å². The summed E-state index contributed by atoms with van der Waals surface area (Å²) in [6.45, 7) is 3.42. The number of anilines is 1. The molecule has 0 radical (unpaired) electrons. The standard InChI is InChI=1S/C9H11NO2S/c1-9(2)7-5-3-4-6-8(7)10-13(9,11)12/h3-6,10H,1-2H3. The smallest absolute Gasteiger partial charge is 0.242 e. The zero-order valence-electron chi connectivity index (χ0n) is 7.53. The molecule has 1 N–H and O–H groups in total. The molecular formula is C9H11NO2S. The van der Waals surface area contributed by atoms with Crippen molar-refractivity contribution in [3.05, 3.63) is 29.8 Å². The van der Waals surface area contributed by atoms with Crippen LogP contribution >= 0.6 is 0 Å². The van der Waals surface area contributed by atoms with Crippen LogP contribution in [0.1, 0.15) is 19.4 Å². The molecule has 0 bridgehead atoms. The molecule has 0 saturated carbocycles. The van der Waals surface area contributed by atoms with Crippen molar-refractivity contribution in [3.8, 4) is 0 Å². The van der Waals surface area contributed by atoms with E-state index in [2.05, 4.69) is 4.72 Å². The normalized spacial score (nSPS) is 22.0. The lowest BCUT2D eigenvalue weighted by Gasteiger charge is -2.15. The maximum atomic E-state index is 11.6. The van der Waals surface area contributed by atoms with Gasteiger partial charge >= 0.3 is 0 Å². The number of hydrogen-bond acceptors (Lipinski definition) is 2. The van der Waals surface area contributed by atoms with Crippen LogP contribution in [0, 0.1) is 0 Å². The summed E-state index contributed by atoms with van der Waals surface area (Å²) in [5.74, 6) is 0. The van der Waals surface area contributed by atoms with Gasteiger partial charge in [-0.1, -0.05) is 18.2 Å². The summed E-state index contributed by atoms with van der Waals surface area (Å²) in [6.07, 6.45) is 0. The lowest BCUT2D eigenvalue weighted by molar-refractivity contribution is 0.567. The molecule has 4 heteroatoms. The molecule has 0 saturated heterocycles. The van der Waals surface area contributed by atoms with Gasteiger partial charge in [0.25, 0.3) is 0 Å². The van der Waals surface area contributed by atoms with Crippen LogP contribution < -0.4 is 4.72 Å². The summed E-state index contributed by atoms with van der Waals surface area (Å²) < 4.78 is 25.0. The molecule has 0 aromatic heterocycles. The molecule has 0 spiro atoms. The summed E-state index contributed by atoms with van der Waals surface area (Å²) in [5, 5.41) is 0. The van der Waals surface area contributed by atoms with E-state index in [-0.39, 0.29) is 0 Å². The molecule has 70 valence electrons. The minimum atomic E-state index is -3.23. The summed E-state index contributed by atoms with van der Waals surface area (Å²) in [6, 6.07) is 7.29. The van der Waals surface area contributed by atoms with Crippen LogP contribution in [0.2, 0.25) is 0 Å². The van der Waals surface area contributed by atoms with Gasteiger partial charge in [-0.25, -0.2) is 8.42 Å². The van der Waals surface area contributed by atoms with E-state index in [9.17, 15) is 8.42 Å². The van der Waals surface area contributed by atoms with Gasteiger partial charge < -0.3 is 0 Å². The molecular weight excluding hydrogens is 186 g/mol. The Hall–Kier alpha value is -1.03. The Morgan fingerprint density at radius 2 is 1.85 bits per heavy atom. The van der Waals surface area contributed by atoms with Crippen molar-refractivity contribution >= 4 is 15.7 Å². The number of sulfonamides is 1. The fourth-order valence-electron chi connectivity index (χ4n) is 1.51. The molecule has 0 aliphatic carbocycles. The van der Waals surface area contributed by atoms with E-state index in [0.717, 1.165) is 5.56 Å².